The van der Waals surface area contributed by atoms with Gasteiger partial charge in [0, 0.05) is 24.3 Å². The zero-order chi connectivity index (χ0) is 14.0. The molecule has 0 aliphatic carbocycles. The number of likely N-dealkylation sites (tertiary alicyclic amines) is 1. The van der Waals surface area contributed by atoms with Crippen molar-refractivity contribution in [1.82, 2.24) is 4.90 Å². The van der Waals surface area contributed by atoms with Gasteiger partial charge >= 0.3 is 0 Å². The number of amides is 1. The van der Waals surface area contributed by atoms with Crippen LogP contribution in [0.4, 0.5) is 5.69 Å². The summed E-state index contributed by atoms with van der Waals surface area (Å²) in [5.41, 5.74) is 13.2. The van der Waals surface area contributed by atoms with Crippen molar-refractivity contribution in [2.75, 3.05) is 12.3 Å². The molecule has 1 aliphatic heterocycles. The molecule has 0 saturated carbocycles. The van der Waals surface area contributed by atoms with Crippen LogP contribution >= 0.6 is 0 Å². The van der Waals surface area contributed by atoms with E-state index in [1.165, 1.54) is 5.56 Å². The summed E-state index contributed by atoms with van der Waals surface area (Å²) in [6, 6.07) is 8.71. The number of carbonyl (C=O) groups is 1. The number of nitrogens with zero attached hydrogens (tertiary/aromatic N) is 1. The van der Waals surface area contributed by atoms with Crippen LogP contribution in [0, 0.1) is 5.92 Å². The highest BCUT2D eigenvalue weighted by atomic mass is 16.1. The average molecular weight is 261 g/mol. The minimum Gasteiger partial charge on any atom is -0.399 e. The Balaban J connectivity index is 2.14. The third-order valence-corrected chi connectivity index (χ3v) is 4.25. The van der Waals surface area contributed by atoms with Gasteiger partial charge in [-0.1, -0.05) is 12.1 Å². The molecule has 2 rings (SSSR count). The number of primary amides is 1. The highest BCUT2D eigenvalue weighted by Crippen LogP contribution is 2.30. The minimum atomic E-state index is -0.179. The Morgan fingerprint density at radius 3 is 2.53 bits per heavy atom. The van der Waals surface area contributed by atoms with E-state index in [4.69, 9.17) is 11.5 Å². The molecular formula is C15H23N3O. The van der Waals surface area contributed by atoms with Gasteiger partial charge in [-0.15, -0.1) is 0 Å². The number of benzene rings is 1. The third kappa shape index (κ3) is 3.07. The first-order valence-electron chi connectivity index (χ1n) is 6.89. The third-order valence-electron chi connectivity index (χ3n) is 4.25. The molecule has 1 fully saturated rings. The van der Waals surface area contributed by atoms with Crippen molar-refractivity contribution in [3.05, 3.63) is 29.8 Å². The predicted octanol–water partition coefficient (Wildman–Crippen LogP) is 1.92. The molecule has 1 aromatic carbocycles. The quantitative estimate of drug-likeness (QED) is 0.816. The van der Waals surface area contributed by atoms with E-state index in [0.29, 0.717) is 6.04 Å². The highest BCUT2D eigenvalue weighted by molar-refractivity contribution is 5.77. The molecule has 3 atom stereocenters. The Labute approximate surface area is 114 Å². The summed E-state index contributed by atoms with van der Waals surface area (Å²) < 4.78 is 0. The largest absolute Gasteiger partial charge is 0.399 e. The molecule has 0 radical (unpaired) electrons. The molecule has 0 bridgehead atoms. The first-order chi connectivity index (χ1) is 8.99. The van der Waals surface area contributed by atoms with Crippen molar-refractivity contribution < 1.29 is 4.79 Å². The lowest BCUT2D eigenvalue weighted by Crippen LogP contribution is -2.46. The van der Waals surface area contributed by atoms with Gasteiger partial charge in [0.1, 0.15) is 0 Å². The van der Waals surface area contributed by atoms with Gasteiger partial charge in [0.2, 0.25) is 5.91 Å². The number of hydrogen-bond donors (Lipinski definition) is 2. The maximum atomic E-state index is 11.4. The fraction of sp³-hybridized carbons (Fsp3) is 0.533. The Morgan fingerprint density at radius 1 is 1.32 bits per heavy atom. The first kappa shape index (κ1) is 13.9. The van der Waals surface area contributed by atoms with Crippen LogP contribution in [0.5, 0.6) is 0 Å². The first-order valence-corrected chi connectivity index (χ1v) is 6.89. The van der Waals surface area contributed by atoms with E-state index in [1.807, 2.05) is 12.1 Å². The summed E-state index contributed by atoms with van der Waals surface area (Å²) in [7, 11) is 0. The molecule has 1 amide bonds. The number of hydrogen-bond acceptors (Lipinski definition) is 3. The maximum absolute atomic E-state index is 11.4. The summed E-state index contributed by atoms with van der Waals surface area (Å²) in [6.07, 6.45) is 1.92. The zero-order valence-corrected chi connectivity index (χ0v) is 11.7. The van der Waals surface area contributed by atoms with Crippen LogP contribution in [0.1, 0.15) is 38.3 Å². The molecule has 1 heterocycles. The van der Waals surface area contributed by atoms with E-state index in [-0.39, 0.29) is 17.9 Å². The molecule has 19 heavy (non-hydrogen) atoms. The van der Waals surface area contributed by atoms with Crippen LogP contribution in [0.15, 0.2) is 24.3 Å². The molecule has 4 N–H and O–H groups in total. The summed E-state index contributed by atoms with van der Waals surface area (Å²) in [6.45, 7) is 5.14. The SMILES string of the molecule is CC1CCC(C(N)=O)CN1C(C)c1ccc(N)cc1. The maximum Gasteiger partial charge on any atom is 0.221 e. The van der Waals surface area contributed by atoms with E-state index in [0.717, 1.165) is 25.1 Å². The molecule has 4 heteroatoms. The van der Waals surface area contributed by atoms with Crippen molar-refractivity contribution in [1.29, 1.82) is 0 Å². The van der Waals surface area contributed by atoms with Crippen LogP contribution in [-0.4, -0.2) is 23.4 Å². The van der Waals surface area contributed by atoms with Gasteiger partial charge in [0.05, 0.1) is 5.92 Å². The summed E-state index contributed by atoms with van der Waals surface area (Å²) >= 11 is 0. The lowest BCUT2D eigenvalue weighted by molar-refractivity contribution is -0.124. The highest BCUT2D eigenvalue weighted by Gasteiger charge is 2.31. The fourth-order valence-corrected chi connectivity index (χ4v) is 2.87. The van der Waals surface area contributed by atoms with E-state index in [2.05, 4.69) is 30.9 Å². The fourth-order valence-electron chi connectivity index (χ4n) is 2.87. The van der Waals surface area contributed by atoms with Gasteiger partial charge in [-0.3, -0.25) is 9.69 Å². The number of anilines is 1. The number of rotatable bonds is 3. The van der Waals surface area contributed by atoms with E-state index in [1.54, 1.807) is 0 Å². The molecule has 0 aromatic heterocycles. The van der Waals surface area contributed by atoms with Gasteiger partial charge in [0.25, 0.3) is 0 Å². The number of nitrogen functional groups attached to an aromatic ring is 1. The second-order valence-corrected chi connectivity index (χ2v) is 5.57. The molecule has 3 unspecified atom stereocenters. The van der Waals surface area contributed by atoms with Crippen molar-refractivity contribution in [3.8, 4) is 0 Å². The van der Waals surface area contributed by atoms with Crippen LogP contribution < -0.4 is 11.5 Å². The van der Waals surface area contributed by atoms with Crippen molar-refractivity contribution in [2.45, 2.75) is 38.8 Å². The lowest BCUT2D eigenvalue weighted by Gasteiger charge is -2.41. The Hall–Kier alpha value is -1.55. The standard InChI is InChI=1S/C15H23N3O/c1-10-3-4-13(15(17)19)9-18(10)11(2)12-5-7-14(16)8-6-12/h5-8,10-11,13H,3-4,9,16H2,1-2H3,(H2,17,19). The molecular weight excluding hydrogens is 238 g/mol. The molecule has 1 saturated heterocycles. The van der Waals surface area contributed by atoms with Crippen LogP contribution in [0.2, 0.25) is 0 Å². The second kappa shape index (κ2) is 5.61. The number of nitrogens with two attached hydrogens (primary N) is 2. The molecule has 104 valence electrons. The van der Waals surface area contributed by atoms with E-state index in [9.17, 15) is 4.79 Å². The van der Waals surface area contributed by atoms with Gasteiger partial charge in [-0.2, -0.15) is 0 Å². The monoisotopic (exact) mass is 261 g/mol. The van der Waals surface area contributed by atoms with Gasteiger partial charge in [-0.05, 0) is 44.4 Å². The van der Waals surface area contributed by atoms with E-state index < -0.39 is 0 Å². The average Bonchev–Trinajstić information content (AvgIpc) is 2.39. The van der Waals surface area contributed by atoms with Gasteiger partial charge < -0.3 is 11.5 Å². The number of piperidine rings is 1. The second-order valence-electron chi connectivity index (χ2n) is 5.57. The zero-order valence-electron chi connectivity index (χ0n) is 11.7. The van der Waals surface area contributed by atoms with Crippen LogP contribution in [-0.2, 0) is 4.79 Å². The minimum absolute atomic E-state index is 0.0209. The molecule has 1 aromatic rings. The number of carbonyl (C=O) groups excluding carboxylic acids is 1. The lowest BCUT2D eigenvalue weighted by atomic mass is 9.90. The summed E-state index contributed by atoms with van der Waals surface area (Å²) in [5.74, 6) is -0.200. The topological polar surface area (TPSA) is 72.4 Å². The van der Waals surface area contributed by atoms with Gasteiger partial charge in [-0.25, -0.2) is 0 Å². The Morgan fingerprint density at radius 2 is 1.95 bits per heavy atom. The molecule has 0 spiro atoms. The van der Waals surface area contributed by atoms with Crippen molar-refractivity contribution in [3.63, 3.8) is 0 Å². The predicted molar refractivity (Wildman–Crippen MR) is 77.4 cm³/mol. The van der Waals surface area contributed by atoms with Crippen molar-refractivity contribution in [2.24, 2.45) is 11.7 Å². The molecule has 1 aliphatic rings. The Kier molecular flexibility index (Phi) is 4.10. The van der Waals surface area contributed by atoms with E-state index >= 15 is 0 Å². The Bertz CT molecular complexity index is 443. The van der Waals surface area contributed by atoms with Crippen LogP contribution in [0.3, 0.4) is 0 Å². The van der Waals surface area contributed by atoms with Crippen LogP contribution in [0.25, 0.3) is 0 Å². The molecule has 4 nitrogen and oxygen atoms in total. The summed E-state index contributed by atoms with van der Waals surface area (Å²) in [4.78, 5) is 13.8. The normalized spacial score (nSPS) is 26.0. The van der Waals surface area contributed by atoms with Gasteiger partial charge in [0.15, 0.2) is 0 Å². The van der Waals surface area contributed by atoms with Crippen molar-refractivity contribution >= 4 is 11.6 Å². The summed E-state index contributed by atoms with van der Waals surface area (Å²) in [5, 5.41) is 0. The smallest absolute Gasteiger partial charge is 0.221 e.